The van der Waals surface area contributed by atoms with Crippen molar-refractivity contribution in [3.63, 3.8) is 0 Å². The number of carbonyl (C=O) groups excluding carboxylic acids is 1. The maximum Gasteiger partial charge on any atom is 0.213 e. The highest BCUT2D eigenvalue weighted by molar-refractivity contribution is 6.36. The number of hydrogen-bond acceptors (Lipinski definition) is 3. The first-order chi connectivity index (χ1) is 8.08. The lowest BCUT2D eigenvalue weighted by Crippen LogP contribution is -2.06. The molecule has 1 heterocycles. The topological polar surface area (TPSA) is 42.9 Å². The predicted molar refractivity (Wildman–Crippen MR) is 66.7 cm³/mol. The molecule has 2 rings (SSSR count). The Bertz CT molecular complexity index is 584. The fourth-order valence-electron chi connectivity index (χ4n) is 1.39. The monoisotopic (exact) mass is 266 g/mol. The highest BCUT2D eigenvalue weighted by atomic mass is 35.5. The van der Waals surface area contributed by atoms with Crippen LogP contribution in [0.15, 0.2) is 30.5 Å². The van der Waals surface area contributed by atoms with E-state index in [1.54, 1.807) is 25.1 Å². The fraction of sp³-hybridized carbons (Fsp3) is 0.0833. The van der Waals surface area contributed by atoms with Gasteiger partial charge in [0.1, 0.15) is 11.5 Å². The standard InChI is InChI=1S/C12H8Cl2N2O/c1-7-15-5-4-11(16-7)12(17)9-6-8(13)2-3-10(9)14/h2-6H,1H3. The number of carbonyl (C=O) groups is 1. The lowest BCUT2D eigenvalue weighted by Gasteiger charge is -2.04. The van der Waals surface area contributed by atoms with Gasteiger partial charge < -0.3 is 0 Å². The van der Waals surface area contributed by atoms with E-state index in [2.05, 4.69) is 9.97 Å². The van der Waals surface area contributed by atoms with Gasteiger partial charge in [0.25, 0.3) is 0 Å². The van der Waals surface area contributed by atoms with Crippen LogP contribution in [0.3, 0.4) is 0 Å². The molecule has 0 bridgehead atoms. The van der Waals surface area contributed by atoms with E-state index in [0.29, 0.717) is 27.1 Å². The lowest BCUT2D eigenvalue weighted by atomic mass is 10.1. The molecular formula is C12H8Cl2N2O. The average molecular weight is 267 g/mol. The molecule has 0 amide bonds. The molecule has 1 aromatic carbocycles. The van der Waals surface area contributed by atoms with Crippen LogP contribution in [0.25, 0.3) is 0 Å². The Morgan fingerprint density at radius 1 is 1.24 bits per heavy atom. The number of benzene rings is 1. The molecule has 0 fully saturated rings. The second-order valence-electron chi connectivity index (χ2n) is 3.44. The molecule has 2 aromatic rings. The summed E-state index contributed by atoms with van der Waals surface area (Å²) in [7, 11) is 0. The molecule has 0 radical (unpaired) electrons. The summed E-state index contributed by atoms with van der Waals surface area (Å²) in [6, 6.07) is 6.30. The summed E-state index contributed by atoms with van der Waals surface area (Å²) >= 11 is 11.8. The summed E-state index contributed by atoms with van der Waals surface area (Å²) in [5.74, 6) is 0.275. The highest BCUT2D eigenvalue weighted by Crippen LogP contribution is 2.22. The Labute approximate surface area is 108 Å². The minimum atomic E-state index is -0.261. The van der Waals surface area contributed by atoms with Crippen molar-refractivity contribution in [3.8, 4) is 0 Å². The van der Waals surface area contributed by atoms with Crippen LogP contribution in [0.4, 0.5) is 0 Å². The summed E-state index contributed by atoms with van der Waals surface area (Å²) < 4.78 is 0. The fourth-order valence-corrected chi connectivity index (χ4v) is 1.77. The molecule has 5 heteroatoms. The molecular weight excluding hydrogens is 259 g/mol. The Balaban J connectivity index is 2.47. The minimum Gasteiger partial charge on any atom is -0.287 e. The minimum absolute atomic E-state index is 0.261. The van der Waals surface area contributed by atoms with Crippen LogP contribution >= 0.6 is 23.2 Å². The van der Waals surface area contributed by atoms with Crippen LogP contribution in [0.2, 0.25) is 10.0 Å². The van der Waals surface area contributed by atoms with E-state index in [-0.39, 0.29) is 5.78 Å². The van der Waals surface area contributed by atoms with Crippen LogP contribution in [-0.4, -0.2) is 15.8 Å². The van der Waals surface area contributed by atoms with Crippen LogP contribution in [-0.2, 0) is 0 Å². The zero-order chi connectivity index (χ0) is 12.4. The number of rotatable bonds is 2. The van der Waals surface area contributed by atoms with E-state index in [4.69, 9.17) is 23.2 Å². The van der Waals surface area contributed by atoms with Crippen LogP contribution in [0.1, 0.15) is 21.9 Å². The number of nitrogens with zero attached hydrogens (tertiary/aromatic N) is 2. The third kappa shape index (κ3) is 2.62. The smallest absolute Gasteiger partial charge is 0.213 e. The van der Waals surface area contributed by atoms with Crippen molar-refractivity contribution < 1.29 is 4.79 Å². The van der Waals surface area contributed by atoms with Crippen LogP contribution < -0.4 is 0 Å². The summed E-state index contributed by atoms with van der Waals surface area (Å²) in [4.78, 5) is 20.1. The van der Waals surface area contributed by atoms with Crippen LogP contribution in [0, 0.1) is 6.92 Å². The summed E-state index contributed by atoms with van der Waals surface area (Å²) in [6.07, 6.45) is 1.54. The van der Waals surface area contributed by atoms with E-state index >= 15 is 0 Å². The van der Waals surface area contributed by atoms with E-state index in [1.165, 1.54) is 12.3 Å². The molecule has 0 unspecified atom stereocenters. The molecule has 0 atom stereocenters. The van der Waals surface area contributed by atoms with Gasteiger partial charge in [-0.1, -0.05) is 23.2 Å². The summed E-state index contributed by atoms with van der Waals surface area (Å²) in [6.45, 7) is 1.72. The Morgan fingerprint density at radius 2 is 2.00 bits per heavy atom. The summed E-state index contributed by atoms with van der Waals surface area (Å²) in [5, 5.41) is 0.819. The van der Waals surface area contributed by atoms with Crippen molar-refractivity contribution in [1.29, 1.82) is 0 Å². The molecule has 0 aliphatic heterocycles. The number of ketones is 1. The van der Waals surface area contributed by atoms with Gasteiger partial charge in [0, 0.05) is 16.8 Å². The molecule has 0 saturated heterocycles. The quantitative estimate of drug-likeness (QED) is 0.784. The summed E-state index contributed by atoms with van der Waals surface area (Å²) in [5.41, 5.74) is 0.652. The lowest BCUT2D eigenvalue weighted by molar-refractivity contribution is 0.103. The van der Waals surface area contributed by atoms with Crippen molar-refractivity contribution in [2.45, 2.75) is 6.92 Å². The van der Waals surface area contributed by atoms with Crippen molar-refractivity contribution in [3.05, 3.63) is 57.6 Å². The molecule has 3 nitrogen and oxygen atoms in total. The van der Waals surface area contributed by atoms with Gasteiger partial charge in [-0.3, -0.25) is 4.79 Å². The van der Waals surface area contributed by atoms with Crippen molar-refractivity contribution in [2.24, 2.45) is 0 Å². The number of aryl methyl sites for hydroxylation is 1. The second kappa shape index (κ2) is 4.82. The highest BCUT2D eigenvalue weighted by Gasteiger charge is 2.14. The number of halogens is 2. The first-order valence-corrected chi connectivity index (χ1v) is 5.63. The van der Waals surface area contributed by atoms with E-state index in [0.717, 1.165) is 0 Å². The van der Waals surface area contributed by atoms with E-state index < -0.39 is 0 Å². The van der Waals surface area contributed by atoms with E-state index in [1.807, 2.05) is 0 Å². The van der Waals surface area contributed by atoms with Gasteiger partial charge >= 0.3 is 0 Å². The van der Waals surface area contributed by atoms with Gasteiger partial charge in [0.05, 0.1) is 5.02 Å². The zero-order valence-electron chi connectivity index (χ0n) is 8.95. The largest absolute Gasteiger partial charge is 0.287 e. The number of hydrogen-bond donors (Lipinski definition) is 0. The van der Waals surface area contributed by atoms with E-state index in [9.17, 15) is 4.79 Å². The first-order valence-electron chi connectivity index (χ1n) is 4.87. The van der Waals surface area contributed by atoms with Crippen molar-refractivity contribution >= 4 is 29.0 Å². The Kier molecular flexibility index (Phi) is 3.41. The van der Waals surface area contributed by atoms with Gasteiger partial charge in [-0.2, -0.15) is 0 Å². The predicted octanol–water partition coefficient (Wildman–Crippen LogP) is 3.32. The Hall–Kier alpha value is -1.45. The molecule has 0 saturated carbocycles. The average Bonchev–Trinajstić information content (AvgIpc) is 2.31. The van der Waals surface area contributed by atoms with Gasteiger partial charge in [-0.15, -0.1) is 0 Å². The molecule has 0 spiro atoms. The molecule has 0 aliphatic rings. The SMILES string of the molecule is Cc1nccc(C(=O)c2cc(Cl)ccc2Cl)n1. The maximum absolute atomic E-state index is 12.1. The van der Waals surface area contributed by atoms with Crippen molar-refractivity contribution in [2.75, 3.05) is 0 Å². The third-order valence-electron chi connectivity index (χ3n) is 2.18. The molecule has 0 aliphatic carbocycles. The van der Waals surface area contributed by atoms with Gasteiger partial charge in [0.2, 0.25) is 5.78 Å². The molecule has 1 aromatic heterocycles. The molecule has 0 N–H and O–H groups in total. The molecule has 86 valence electrons. The third-order valence-corrected chi connectivity index (χ3v) is 2.75. The number of aromatic nitrogens is 2. The Morgan fingerprint density at radius 3 is 2.71 bits per heavy atom. The first kappa shape index (κ1) is 12.0. The zero-order valence-corrected chi connectivity index (χ0v) is 10.5. The van der Waals surface area contributed by atoms with Gasteiger partial charge in [-0.25, -0.2) is 9.97 Å². The normalized spacial score (nSPS) is 10.3. The van der Waals surface area contributed by atoms with Gasteiger partial charge in [-0.05, 0) is 31.2 Å². The van der Waals surface area contributed by atoms with Crippen LogP contribution in [0.5, 0.6) is 0 Å². The van der Waals surface area contributed by atoms with Crippen molar-refractivity contribution in [1.82, 2.24) is 9.97 Å². The second-order valence-corrected chi connectivity index (χ2v) is 4.29. The maximum atomic E-state index is 12.1. The molecule has 17 heavy (non-hydrogen) atoms. The van der Waals surface area contributed by atoms with Gasteiger partial charge in [0.15, 0.2) is 0 Å².